The summed E-state index contributed by atoms with van der Waals surface area (Å²) in [4.78, 5) is 0. The van der Waals surface area contributed by atoms with E-state index in [9.17, 15) is 0 Å². The van der Waals surface area contributed by atoms with Gasteiger partial charge in [-0.3, -0.25) is 0 Å². The summed E-state index contributed by atoms with van der Waals surface area (Å²) < 4.78 is 6.96. The van der Waals surface area contributed by atoms with Crippen molar-refractivity contribution in [2.24, 2.45) is 0 Å². The fourth-order valence-corrected chi connectivity index (χ4v) is 3.04. The lowest BCUT2D eigenvalue weighted by Crippen LogP contribution is -2.00. The zero-order valence-electron chi connectivity index (χ0n) is 11.8. The highest BCUT2D eigenvalue weighted by Gasteiger charge is 2.05. The van der Waals surface area contributed by atoms with E-state index in [1.54, 1.807) is 0 Å². The summed E-state index contributed by atoms with van der Waals surface area (Å²) in [6.07, 6.45) is 2.06. The van der Waals surface area contributed by atoms with Gasteiger partial charge in [0.05, 0.1) is 11.1 Å². The molecule has 1 nitrogen and oxygen atoms in total. The standard InChI is InChI=1S/C19H17BrO/c20-19-17-11-5-4-10-16(17)12-13-18(19)21-14-6-9-15-7-2-1-3-8-15/h1-5,7-8,10-13H,6,9,14H2. The predicted molar refractivity (Wildman–Crippen MR) is 91.9 cm³/mol. The molecule has 0 spiro atoms. The molecular weight excluding hydrogens is 324 g/mol. The Labute approximate surface area is 133 Å². The van der Waals surface area contributed by atoms with Crippen LogP contribution in [0, 0.1) is 0 Å². The van der Waals surface area contributed by atoms with Crippen LogP contribution in [0.2, 0.25) is 0 Å². The minimum atomic E-state index is 0.728. The normalized spacial score (nSPS) is 10.7. The zero-order chi connectivity index (χ0) is 14.5. The van der Waals surface area contributed by atoms with Crippen LogP contribution in [-0.2, 0) is 6.42 Å². The van der Waals surface area contributed by atoms with E-state index in [-0.39, 0.29) is 0 Å². The van der Waals surface area contributed by atoms with Gasteiger partial charge in [0.2, 0.25) is 0 Å². The summed E-state index contributed by atoms with van der Waals surface area (Å²) in [6, 6.07) is 23.0. The van der Waals surface area contributed by atoms with Crippen LogP contribution in [0.5, 0.6) is 5.75 Å². The molecule has 0 unspecified atom stereocenters. The molecule has 0 atom stereocenters. The molecule has 0 bridgehead atoms. The fourth-order valence-electron chi connectivity index (χ4n) is 2.43. The van der Waals surface area contributed by atoms with Crippen molar-refractivity contribution in [3.63, 3.8) is 0 Å². The van der Waals surface area contributed by atoms with E-state index in [0.717, 1.165) is 29.7 Å². The van der Waals surface area contributed by atoms with E-state index in [1.807, 2.05) is 18.2 Å². The molecule has 0 aromatic heterocycles. The second-order valence-corrected chi connectivity index (χ2v) is 5.83. The van der Waals surface area contributed by atoms with Gasteiger partial charge in [-0.05, 0) is 51.2 Å². The van der Waals surface area contributed by atoms with E-state index in [1.165, 1.54) is 16.3 Å². The van der Waals surface area contributed by atoms with Crippen LogP contribution in [0.15, 0.2) is 71.2 Å². The number of ether oxygens (including phenoxy) is 1. The third-order valence-corrected chi connectivity index (χ3v) is 4.36. The van der Waals surface area contributed by atoms with Crippen LogP contribution in [-0.4, -0.2) is 6.61 Å². The van der Waals surface area contributed by atoms with Crippen molar-refractivity contribution in [2.45, 2.75) is 12.8 Å². The number of aryl methyl sites for hydroxylation is 1. The van der Waals surface area contributed by atoms with Crippen molar-refractivity contribution in [3.8, 4) is 5.75 Å². The number of benzene rings is 3. The van der Waals surface area contributed by atoms with Gasteiger partial charge in [0.15, 0.2) is 0 Å². The lowest BCUT2D eigenvalue weighted by molar-refractivity contribution is 0.309. The van der Waals surface area contributed by atoms with Gasteiger partial charge in [0.1, 0.15) is 5.75 Å². The van der Waals surface area contributed by atoms with Gasteiger partial charge in [-0.1, -0.05) is 60.7 Å². The molecule has 0 amide bonds. The third-order valence-electron chi connectivity index (χ3n) is 3.54. The second kappa shape index (κ2) is 6.77. The molecule has 0 fully saturated rings. The van der Waals surface area contributed by atoms with Gasteiger partial charge >= 0.3 is 0 Å². The molecule has 0 aliphatic carbocycles. The highest BCUT2D eigenvalue weighted by atomic mass is 79.9. The van der Waals surface area contributed by atoms with Crippen molar-refractivity contribution < 1.29 is 4.74 Å². The number of halogens is 1. The van der Waals surface area contributed by atoms with E-state index >= 15 is 0 Å². The molecule has 2 heteroatoms. The molecular formula is C19H17BrO. The topological polar surface area (TPSA) is 9.23 Å². The Morgan fingerprint density at radius 2 is 1.57 bits per heavy atom. The Morgan fingerprint density at radius 3 is 2.43 bits per heavy atom. The summed E-state index contributed by atoms with van der Waals surface area (Å²) in [5.41, 5.74) is 1.36. The van der Waals surface area contributed by atoms with Gasteiger partial charge in [-0.15, -0.1) is 0 Å². The molecule has 3 rings (SSSR count). The van der Waals surface area contributed by atoms with Crippen LogP contribution in [0.3, 0.4) is 0 Å². The molecule has 0 heterocycles. The summed E-state index contributed by atoms with van der Waals surface area (Å²) >= 11 is 3.65. The molecule has 0 saturated heterocycles. The smallest absolute Gasteiger partial charge is 0.134 e. The second-order valence-electron chi connectivity index (χ2n) is 5.04. The first kappa shape index (κ1) is 14.2. The molecule has 0 N–H and O–H groups in total. The predicted octanol–water partition coefficient (Wildman–Crippen LogP) is 5.61. The maximum absolute atomic E-state index is 5.92. The number of hydrogen-bond donors (Lipinski definition) is 0. The maximum Gasteiger partial charge on any atom is 0.134 e. The molecule has 0 saturated carbocycles. The average Bonchev–Trinajstić information content (AvgIpc) is 2.55. The van der Waals surface area contributed by atoms with Gasteiger partial charge in [-0.2, -0.15) is 0 Å². The molecule has 0 aliphatic rings. The Balaban J connectivity index is 1.62. The van der Waals surface area contributed by atoms with Crippen LogP contribution >= 0.6 is 15.9 Å². The highest BCUT2D eigenvalue weighted by molar-refractivity contribution is 9.10. The average molecular weight is 341 g/mol. The largest absolute Gasteiger partial charge is 0.492 e. The minimum Gasteiger partial charge on any atom is -0.492 e. The van der Waals surface area contributed by atoms with Crippen molar-refractivity contribution >= 4 is 26.7 Å². The lowest BCUT2D eigenvalue weighted by Gasteiger charge is -2.10. The third kappa shape index (κ3) is 3.45. The Morgan fingerprint density at radius 1 is 0.810 bits per heavy atom. The van der Waals surface area contributed by atoms with Crippen molar-refractivity contribution in [1.29, 1.82) is 0 Å². The quantitative estimate of drug-likeness (QED) is 0.548. The molecule has 3 aromatic rings. The minimum absolute atomic E-state index is 0.728. The van der Waals surface area contributed by atoms with E-state index in [2.05, 4.69) is 64.5 Å². The Kier molecular flexibility index (Phi) is 4.56. The first-order valence-electron chi connectivity index (χ1n) is 7.18. The molecule has 106 valence electrons. The molecule has 0 radical (unpaired) electrons. The Bertz CT molecular complexity index is 722. The molecule has 0 aliphatic heterocycles. The van der Waals surface area contributed by atoms with E-state index in [4.69, 9.17) is 4.74 Å². The van der Waals surface area contributed by atoms with Gasteiger partial charge < -0.3 is 4.74 Å². The van der Waals surface area contributed by atoms with Crippen LogP contribution in [0.1, 0.15) is 12.0 Å². The molecule has 3 aromatic carbocycles. The van der Waals surface area contributed by atoms with E-state index < -0.39 is 0 Å². The van der Waals surface area contributed by atoms with Crippen molar-refractivity contribution in [2.75, 3.05) is 6.61 Å². The fraction of sp³-hybridized carbons (Fsp3) is 0.158. The number of hydrogen-bond acceptors (Lipinski definition) is 1. The molecule has 21 heavy (non-hydrogen) atoms. The van der Waals surface area contributed by atoms with Gasteiger partial charge in [0, 0.05) is 0 Å². The summed E-state index contributed by atoms with van der Waals surface area (Å²) in [5, 5.41) is 2.42. The first-order valence-corrected chi connectivity index (χ1v) is 7.98. The van der Waals surface area contributed by atoms with Crippen LogP contribution < -0.4 is 4.74 Å². The van der Waals surface area contributed by atoms with Crippen LogP contribution in [0.4, 0.5) is 0 Å². The first-order chi connectivity index (χ1) is 10.3. The SMILES string of the molecule is Brc1c(OCCCc2ccccc2)ccc2ccccc12. The summed E-state index contributed by atoms with van der Waals surface area (Å²) in [6.45, 7) is 0.728. The summed E-state index contributed by atoms with van der Waals surface area (Å²) in [5.74, 6) is 0.918. The maximum atomic E-state index is 5.92. The number of rotatable bonds is 5. The lowest BCUT2D eigenvalue weighted by atomic mass is 10.1. The van der Waals surface area contributed by atoms with E-state index in [0.29, 0.717) is 0 Å². The van der Waals surface area contributed by atoms with Gasteiger partial charge in [-0.25, -0.2) is 0 Å². The number of fused-ring (bicyclic) bond motifs is 1. The van der Waals surface area contributed by atoms with Crippen LogP contribution in [0.25, 0.3) is 10.8 Å². The zero-order valence-corrected chi connectivity index (χ0v) is 13.3. The van der Waals surface area contributed by atoms with Crippen molar-refractivity contribution in [1.82, 2.24) is 0 Å². The highest BCUT2D eigenvalue weighted by Crippen LogP contribution is 2.33. The monoisotopic (exact) mass is 340 g/mol. The van der Waals surface area contributed by atoms with Crippen molar-refractivity contribution in [3.05, 3.63) is 76.8 Å². The van der Waals surface area contributed by atoms with Gasteiger partial charge in [0.25, 0.3) is 0 Å². The Hall–Kier alpha value is -1.80. The summed E-state index contributed by atoms with van der Waals surface area (Å²) in [7, 11) is 0.